The number of anilines is 2. The molecule has 1 aliphatic heterocycles. The van der Waals surface area contributed by atoms with E-state index in [2.05, 4.69) is 19.1 Å². The number of nitrogens with two attached hydrogens (primary N) is 1. The Kier molecular flexibility index (Phi) is 4.06. The van der Waals surface area contributed by atoms with Crippen molar-refractivity contribution >= 4 is 23.4 Å². The van der Waals surface area contributed by atoms with Crippen LogP contribution in [0.25, 0.3) is 6.08 Å². The van der Waals surface area contributed by atoms with Crippen LogP contribution in [0.5, 0.6) is 5.75 Å². The summed E-state index contributed by atoms with van der Waals surface area (Å²) in [5, 5.41) is 0. The van der Waals surface area contributed by atoms with E-state index in [1.165, 1.54) is 5.56 Å². The fourth-order valence-corrected chi connectivity index (χ4v) is 2.64. The van der Waals surface area contributed by atoms with Crippen LogP contribution in [-0.2, 0) is 11.2 Å². The molecule has 3 rings (SSSR count). The molecule has 0 bridgehead atoms. The number of carbonyl (C=O) groups excluding carboxylic acids is 1. The monoisotopic (exact) mass is 308 g/mol. The van der Waals surface area contributed by atoms with Crippen LogP contribution in [0.1, 0.15) is 25.0 Å². The second kappa shape index (κ2) is 6.16. The number of ether oxygens (including phenoxy) is 1. The summed E-state index contributed by atoms with van der Waals surface area (Å²) in [6, 6.07) is 13.5. The maximum atomic E-state index is 12.6. The van der Waals surface area contributed by atoms with E-state index in [4.69, 9.17) is 10.5 Å². The Hall–Kier alpha value is -2.75. The number of carbonyl (C=O) groups is 1. The first-order valence-electron chi connectivity index (χ1n) is 7.82. The van der Waals surface area contributed by atoms with Crippen molar-refractivity contribution in [3.8, 4) is 5.75 Å². The average Bonchev–Trinajstić information content (AvgIpc) is 2.57. The fraction of sp³-hybridized carbons (Fsp3) is 0.211. The van der Waals surface area contributed by atoms with Gasteiger partial charge in [0.15, 0.2) is 11.5 Å². The molecule has 118 valence electrons. The van der Waals surface area contributed by atoms with Crippen molar-refractivity contribution in [3.63, 3.8) is 0 Å². The van der Waals surface area contributed by atoms with Gasteiger partial charge in [-0.15, -0.1) is 0 Å². The summed E-state index contributed by atoms with van der Waals surface area (Å²) in [5.41, 5.74) is 9.36. The SMILES string of the molecule is CCc1ccc(/C=C2/Oc3ccc(N)cc3N(CC)C2=O)cc1. The molecule has 0 spiro atoms. The molecule has 1 heterocycles. The normalized spacial score (nSPS) is 15.5. The largest absolute Gasteiger partial charge is 0.449 e. The molecule has 2 aromatic rings. The molecule has 23 heavy (non-hydrogen) atoms. The third-order valence-electron chi connectivity index (χ3n) is 3.95. The Balaban J connectivity index is 1.98. The first-order chi connectivity index (χ1) is 11.1. The zero-order chi connectivity index (χ0) is 16.4. The van der Waals surface area contributed by atoms with Gasteiger partial charge in [0.05, 0.1) is 5.69 Å². The molecule has 4 heteroatoms. The molecule has 2 N–H and O–H groups in total. The molecular weight excluding hydrogens is 288 g/mol. The summed E-state index contributed by atoms with van der Waals surface area (Å²) in [6.07, 6.45) is 2.77. The Morgan fingerprint density at radius 3 is 2.52 bits per heavy atom. The molecular formula is C19H20N2O2. The van der Waals surface area contributed by atoms with Gasteiger partial charge in [0.2, 0.25) is 0 Å². The van der Waals surface area contributed by atoms with Gasteiger partial charge in [-0.2, -0.15) is 0 Å². The quantitative estimate of drug-likeness (QED) is 0.696. The van der Waals surface area contributed by atoms with Crippen LogP contribution in [0.15, 0.2) is 48.2 Å². The number of amides is 1. The standard InChI is InChI=1S/C19H20N2O2/c1-3-13-5-7-14(8-6-13)11-18-19(22)21(4-2)16-12-15(20)9-10-17(16)23-18/h5-12H,3-4,20H2,1-2H3/b18-11+. The molecule has 2 aromatic carbocycles. The van der Waals surface area contributed by atoms with Gasteiger partial charge >= 0.3 is 0 Å². The van der Waals surface area contributed by atoms with Crippen molar-refractivity contribution in [2.75, 3.05) is 17.2 Å². The highest BCUT2D eigenvalue weighted by Gasteiger charge is 2.29. The Morgan fingerprint density at radius 1 is 1.13 bits per heavy atom. The van der Waals surface area contributed by atoms with E-state index < -0.39 is 0 Å². The van der Waals surface area contributed by atoms with Gasteiger partial charge < -0.3 is 15.4 Å². The molecule has 0 unspecified atom stereocenters. The lowest BCUT2D eigenvalue weighted by molar-refractivity contribution is -0.117. The molecule has 0 saturated carbocycles. The van der Waals surface area contributed by atoms with Crippen LogP contribution in [0.3, 0.4) is 0 Å². The van der Waals surface area contributed by atoms with E-state index in [-0.39, 0.29) is 5.91 Å². The molecule has 0 atom stereocenters. The fourth-order valence-electron chi connectivity index (χ4n) is 2.64. The predicted octanol–water partition coefficient (Wildman–Crippen LogP) is 3.62. The summed E-state index contributed by atoms with van der Waals surface area (Å²) >= 11 is 0. The van der Waals surface area contributed by atoms with Gasteiger partial charge in [0.25, 0.3) is 5.91 Å². The van der Waals surface area contributed by atoms with Crippen molar-refractivity contribution in [1.82, 2.24) is 0 Å². The van der Waals surface area contributed by atoms with Gasteiger partial charge in [-0.3, -0.25) is 4.79 Å². The Morgan fingerprint density at radius 2 is 1.87 bits per heavy atom. The highest BCUT2D eigenvalue weighted by Crippen LogP contribution is 2.37. The zero-order valence-corrected chi connectivity index (χ0v) is 13.4. The van der Waals surface area contributed by atoms with Crippen LogP contribution >= 0.6 is 0 Å². The third kappa shape index (κ3) is 2.93. The number of fused-ring (bicyclic) bond motifs is 1. The highest BCUT2D eigenvalue weighted by molar-refractivity contribution is 6.10. The summed E-state index contributed by atoms with van der Waals surface area (Å²) in [7, 11) is 0. The predicted molar refractivity (Wildman–Crippen MR) is 93.3 cm³/mol. The third-order valence-corrected chi connectivity index (χ3v) is 3.95. The van der Waals surface area contributed by atoms with Crippen molar-refractivity contribution in [3.05, 3.63) is 59.4 Å². The van der Waals surface area contributed by atoms with Gasteiger partial charge in [0.1, 0.15) is 0 Å². The van der Waals surface area contributed by atoms with Crippen molar-refractivity contribution < 1.29 is 9.53 Å². The number of nitrogens with zero attached hydrogens (tertiary/aromatic N) is 1. The van der Waals surface area contributed by atoms with Gasteiger partial charge in [-0.25, -0.2) is 0 Å². The lowest BCUT2D eigenvalue weighted by Crippen LogP contribution is -2.37. The van der Waals surface area contributed by atoms with Crippen molar-refractivity contribution in [2.45, 2.75) is 20.3 Å². The number of likely N-dealkylation sites (N-methyl/N-ethyl adjacent to an activating group) is 1. The molecule has 1 amide bonds. The zero-order valence-electron chi connectivity index (χ0n) is 13.4. The molecule has 0 aromatic heterocycles. The average molecular weight is 308 g/mol. The number of hydrogen-bond donors (Lipinski definition) is 1. The van der Waals surface area contributed by atoms with Gasteiger partial charge in [0, 0.05) is 12.2 Å². The second-order valence-corrected chi connectivity index (χ2v) is 5.48. The molecule has 0 fully saturated rings. The van der Waals surface area contributed by atoms with E-state index in [1.807, 2.05) is 19.1 Å². The number of aryl methyl sites for hydroxylation is 1. The van der Waals surface area contributed by atoms with Gasteiger partial charge in [-0.1, -0.05) is 31.2 Å². The van der Waals surface area contributed by atoms with E-state index in [0.717, 1.165) is 17.7 Å². The maximum Gasteiger partial charge on any atom is 0.294 e. The topological polar surface area (TPSA) is 55.6 Å². The maximum absolute atomic E-state index is 12.6. The molecule has 0 radical (unpaired) electrons. The molecule has 4 nitrogen and oxygen atoms in total. The highest BCUT2D eigenvalue weighted by atomic mass is 16.5. The number of rotatable bonds is 3. The minimum absolute atomic E-state index is 0.148. The summed E-state index contributed by atoms with van der Waals surface area (Å²) < 4.78 is 5.81. The van der Waals surface area contributed by atoms with Crippen LogP contribution in [0.4, 0.5) is 11.4 Å². The minimum Gasteiger partial charge on any atom is -0.449 e. The smallest absolute Gasteiger partial charge is 0.294 e. The molecule has 0 aliphatic carbocycles. The van der Waals surface area contributed by atoms with Crippen molar-refractivity contribution in [2.24, 2.45) is 0 Å². The van der Waals surface area contributed by atoms with Crippen LogP contribution < -0.4 is 15.4 Å². The van der Waals surface area contributed by atoms with E-state index in [9.17, 15) is 4.79 Å². The van der Waals surface area contributed by atoms with Crippen LogP contribution in [0.2, 0.25) is 0 Å². The lowest BCUT2D eigenvalue weighted by atomic mass is 10.1. The van der Waals surface area contributed by atoms with E-state index >= 15 is 0 Å². The summed E-state index contributed by atoms with van der Waals surface area (Å²) in [4.78, 5) is 14.3. The Labute approximate surface area is 136 Å². The number of hydrogen-bond acceptors (Lipinski definition) is 3. The first kappa shape index (κ1) is 15.2. The van der Waals surface area contributed by atoms with Crippen molar-refractivity contribution in [1.29, 1.82) is 0 Å². The summed E-state index contributed by atoms with van der Waals surface area (Å²) in [5.74, 6) is 0.829. The number of nitrogen functional groups attached to an aromatic ring is 1. The van der Waals surface area contributed by atoms with E-state index in [1.54, 1.807) is 29.2 Å². The number of benzene rings is 2. The van der Waals surface area contributed by atoms with Gasteiger partial charge in [-0.05, 0) is 48.7 Å². The lowest BCUT2D eigenvalue weighted by Gasteiger charge is -2.29. The second-order valence-electron chi connectivity index (χ2n) is 5.48. The minimum atomic E-state index is -0.148. The van der Waals surface area contributed by atoms with Crippen LogP contribution in [0, 0.1) is 0 Å². The first-order valence-corrected chi connectivity index (χ1v) is 7.82. The van der Waals surface area contributed by atoms with Crippen LogP contribution in [-0.4, -0.2) is 12.5 Å². The van der Waals surface area contributed by atoms with E-state index in [0.29, 0.717) is 23.7 Å². The molecule has 1 aliphatic rings. The summed E-state index contributed by atoms with van der Waals surface area (Å²) in [6.45, 7) is 4.61. The Bertz CT molecular complexity index is 763. The molecule has 0 saturated heterocycles.